The first kappa shape index (κ1) is 49.5. The Bertz CT molecular complexity index is 3960. The number of rotatable bonds is 16. The van der Waals surface area contributed by atoms with E-state index >= 15 is 0 Å². The van der Waals surface area contributed by atoms with Crippen molar-refractivity contribution in [1.82, 2.24) is 0 Å². The van der Waals surface area contributed by atoms with Crippen LogP contribution < -0.4 is 19.6 Å². The van der Waals surface area contributed by atoms with Gasteiger partial charge >= 0.3 is 0 Å². The minimum absolute atomic E-state index is 0.848. The third-order valence-corrected chi connectivity index (χ3v) is 14.5. The van der Waals surface area contributed by atoms with E-state index in [1.165, 1.54) is 0 Å². The molecule has 11 aromatic rings. The molecule has 0 spiro atoms. The molecule has 0 amide bonds. The fraction of sp³-hybridized carbons (Fsp3) is 0.0133. The van der Waals surface area contributed by atoms with Gasteiger partial charge in [-0.1, -0.05) is 189 Å². The topological polar surface area (TPSA) is 13.0 Å². The molecular formula is C75H58N4. The number of para-hydroxylation sites is 6. The second-order valence-corrected chi connectivity index (χ2v) is 19.3. The predicted molar refractivity (Wildman–Crippen MR) is 338 cm³/mol. The molecule has 4 nitrogen and oxygen atoms in total. The summed E-state index contributed by atoms with van der Waals surface area (Å²) in [5, 5.41) is 4.51. The van der Waals surface area contributed by atoms with E-state index in [0.717, 1.165) is 118 Å². The minimum atomic E-state index is 0.848. The molecule has 0 bridgehead atoms. The maximum atomic E-state index is 4.30. The Kier molecular flexibility index (Phi) is 14.3. The van der Waals surface area contributed by atoms with Crippen LogP contribution in [-0.2, 0) is 0 Å². The third-order valence-electron chi connectivity index (χ3n) is 14.5. The lowest BCUT2D eigenvalue weighted by atomic mass is 9.85. The first-order valence-corrected chi connectivity index (χ1v) is 26.9. The van der Waals surface area contributed by atoms with Crippen LogP contribution in [0.5, 0.6) is 0 Å². The summed E-state index contributed by atoms with van der Waals surface area (Å²) in [6.45, 7) is 8.41. The van der Waals surface area contributed by atoms with Crippen LogP contribution >= 0.6 is 0 Å². The lowest BCUT2D eigenvalue weighted by molar-refractivity contribution is 1.18. The Labute approximate surface area is 464 Å². The van der Waals surface area contributed by atoms with Crippen molar-refractivity contribution >= 4 is 78.4 Å². The Hall–Kier alpha value is -10.4. The van der Waals surface area contributed by atoms with Gasteiger partial charge in [0.1, 0.15) is 0 Å². The first-order valence-electron chi connectivity index (χ1n) is 26.9. The summed E-state index contributed by atoms with van der Waals surface area (Å²) in [5.41, 5.74) is 17.2. The summed E-state index contributed by atoms with van der Waals surface area (Å²) in [5.74, 6) is 0. The van der Waals surface area contributed by atoms with Gasteiger partial charge < -0.3 is 19.6 Å². The van der Waals surface area contributed by atoms with E-state index in [0.29, 0.717) is 0 Å². The molecule has 0 aromatic heterocycles. The Balaban J connectivity index is 1.14. The van der Waals surface area contributed by atoms with Crippen molar-refractivity contribution in [3.8, 4) is 22.3 Å². The Morgan fingerprint density at radius 3 is 1.15 bits per heavy atom. The van der Waals surface area contributed by atoms with Crippen LogP contribution in [0, 0.1) is 0 Å². The van der Waals surface area contributed by atoms with E-state index in [9.17, 15) is 0 Å². The SMILES string of the molecule is C=C/C=C(\C=C)N(c1ccccc1)c1ccc2c(-c3ccc(N(c4ccccc4)c4ccccc4)cc3)c3cc(N(c4ccccc4)c4ccccc4)ccc3c(-c3ccc(N(C4=CCC=CC=C4)c4ccccc4)cc3)c2c1. The highest BCUT2D eigenvalue weighted by Crippen LogP contribution is 2.49. The zero-order chi connectivity index (χ0) is 53.3. The van der Waals surface area contributed by atoms with E-state index in [-0.39, 0.29) is 0 Å². The van der Waals surface area contributed by atoms with Crippen molar-refractivity contribution < 1.29 is 0 Å². The van der Waals surface area contributed by atoms with E-state index < -0.39 is 0 Å². The number of hydrogen-bond donors (Lipinski definition) is 0. The normalized spacial score (nSPS) is 12.2. The molecule has 0 saturated heterocycles. The molecule has 1 aliphatic carbocycles. The molecule has 378 valence electrons. The lowest BCUT2D eigenvalue weighted by Gasteiger charge is -2.29. The highest BCUT2D eigenvalue weighted by atomic mass is 15.2. The smallest absolute Gasteiger partial charge is 0.0468 e. The van der Waals surface area contributed by atoms with E-state index in [4.69, 9.17) is 0 Å². The summed E-state index contributed by atoms with van der Waals surface area (Å²) < 4.78 is 0. The molecule has 0 aliphatic heterocycles. The van der Waals surface area contributed by atoms with Gasteiger partial charge in [0, 0.05) is 68.3 Å². The molecule has 0 N–H and O–H groups in total. The fourth-order valence-corrected chi connectivity index (χ4v) is 11.0. The van der Waals surface area contributed by atoms with E-state index in [1.807, 2.05) is 18.2 Å². The number of allylic oxidation sites excluding steroid dienone is 8. The Morgan fingerprint density at radius 2 is 0.709 bits per heavy atom. The summed E-state index contributed by atoms with van der Waals surface area (Å²) in [4.78, 5) is 9.29. The summed E-state index contributed by atoms with van der Waals surface area (Å²) in [7, 11) is 0. The fourth-order valence-electron chi connectivity index (χ4n) is 11.0. The maximum absolute atomic E-state index is 4.30. The van der Waals surface area contributed by atoms with Gasteiger partial charge in [-0.15, -0.1) is 0 Å². The number of hydrogen-bond acceptors (Lipinski definition) is 4. The first-order chi connectivity index (χ1) is 39.1. The average Bonchev–Trinajstić information content (AvgIpc) is 3.84. The van der Waals surface area contributed by atoms with Gasteiger partial charge in [-0.25, -0.2) is 0 Å². The van der Waals surface area contributed by atoms with Crippen molar-refractivity contribution in [3.05, 3.63) is 340 Å². The van der Waals surface area contributed by atoms with E-state index in [1.54, 1.807) is 0 Å². The molecule has 0 atom stereocenters. The Morgan fingerprint density at radius 1 is 0.342 bits per heavy atom. The standard InChI is InChI=1S/C75H58N4/c1-3-27-58(4-2)76(59-30-15-7-16-31-59)68-50-52-70-72(54-68)74(56-42-46-66(47-43-56)77(61-32-17-8-18-33-61)60-28-13-5-6-14-29-60)71-53-51-69(79(64-38-23-11-24-39-64)65-40-25-12-26-41-65)55-73(71)75(70)57-44-48-67(49-45-57)78(62-34-19-9-20-35-62)63-36-21-10-22-37-63/h3-13,15-55H,1-2,14H2/b58-27+. The van der Waals surface area contributed by atoms with Gasteiger partial charge in [-0.2, -0.15) is 0 Å². The van der Waals surface area contributed by atoms with Crippen molar-refractivity contribution in [3.63, 3.8) is 0 Å². The number of fused-ring (bicyclic) bond motifs is 2. The van der Waals surface area contributed by atoms with Crippen LogP contribution in [0.4, 0.5) is 56.9 Å². The van der Waals surface area contributed by atoms with Crippen molar-refractivity contribution in [2.75, 3.05) is 19.6 Å². The van der Waals surface area contributed by atoms with Gasteiger partial charge in [0.25, 0.3) is 0 Å². The lowest BCUT2D eigenvalue weighted by Crippen LogP contribution is -2.15. The van der Waals surface area contributed by atoms with Crippen LogP contribution in [0.1, 0.15) is 6.42 Å². The second-order valence-electron chi connectivity index (χ2n) is 19.3. The second kappa shape index (κ2) is 22.8. The summed E-state index contributed by atoms with van der Waals surface area (Å²) in [6.07, 6.45) is 17.5. The van der Waals surface area contributed by atoms with Crippen molar-refractivity contribution in [1.29, 1.82) is 0 Å². The molecule has 79 heavy (non-hydrogen) atoms. The zero-order valence-corrected chi connectivity index (χ0v) is 43.9. The van der Waals surface area contributed by atoms with Gasteiger partial charge in [-0.3, -0.25) is 0 Å². The maximum Gasteiger partial charge on any atom is 0.0468 e. The van der Waals surface area contributed by atoms with Crippen LogP contribution in [0.15, 0.2) is 340 Å². The van der Waals surface area contributed by atoms with Gasteiger partial charge in [0.05, 0.1) is 0 Å². The molecule has 0 unspecified atom stereocenters. The molecule has 0 fully saturated rings. The van der Waals surface area contributed by atoms with Gasteiger partial charge in [0.2, 0.25) is 0 Å². The van der Waals surface area contributed by atoms with Gasteiger partial charge in [0.15, 0.2) is 0 Å². The summed E-state index contributed by atoms with van der Waals surface area (Å²) in [6, 6.07) is 95.9. The minimum Gasteiger partial charge on any atom is -0.311 e. The quantitative estimate of drug-likeness (QED) is 0.0706. The largest absolute Gasteiger partial charge is 0.311 e. The van der Waals surface area contributed by atoms with Crippen LogP contribution in [0.3, 0.4) is 0 Å². The van der Waals surface area contributed by atoms with Gasteiger partial charge in [-0.05, 0) is 190 Å². The molecule has 0 heterocycles. The monoisotopic (exact) mass is 1010 g/mol. The molecular weight excluding hydrogens is 957 g/mol. The van der Waals surface area contributed by atoms with Crippen LogP contribution in [-0.4, -0.2) is 0 Å². The van der Waals surface area contributed by atoms with Crippen LogP contribution in [0.25, 0.3) is 43.8 Å². The summed E-state index contributed by atoms with van der Waals surface area (Å²) >= 11 is 0. The van der Waals surface area contributed by atoms with E-state index in [2.05, 4.69) is 330 Å². The highest BCUT2D eigenvalue weighted by molar-refractivity contribution is 6.22. The molecule has 11 aromatic carbocycles. The molecule has 12 rings (SSSR count). The molecule has 1 aliphatic rings. The molecule has 4 heteroatoms. The zero-order valence-electron chi connectivity index (χ0n) is 43.9. The van der Waals surface area contributed by atoms with Crippen molar-refractivity contribution in [2.24, 2.45) is 0 Å². The van der Waals surface area contributed by atoms with Crippen LogP contribution in [0.2, 0.25) is 0 Å². The number of nitrogens with zero attached hydrogens (tertiary/aromatic N) is 4. The average molecular weight is 1020 g/mol. The predicted octanol–water partition coefficient (Wildman–Crippen LogP) is 21.2. The molecule has 0 saturated carbocycles. The van der Waals surface area contributed by atoms with Crippen molar-refractivity contribution in [2.45, 2.75) is 6.42 Å². The molecule has 0 radical (unpaired) electrons. The highest BCUT2D eigenvalue weighted by Gasteiger charge is 2.24. The third kappa shape index (κ3) is 10.1. The number of anilines is 10. The number of benzene rings is 11.